The van der Waals surface area contributed by atoms with Crippen molar-refractivity contribution >= 4 is 17.9 Å². The second-order valence-corrected chi connectivity index (χ2v) is 3.74. The summed E-state index contributed by atoms with van der Waals surface area (Å²) in [6.07, 6.45) is 2.31. The van der Waals surface area contributed by atoms with Gasteiger partial charge in [-0.1, -0.05) is 6.07 Å². The molecule has 0 fully saturated rings. The van der Waals surface area contributed by atoms with Gasteiger partial charge in [-0.15, -0.1) is 0 Å². The minimum atomic E-state index is -0.414. The molecule has 1 N–H and O–H groups in total. The summed E-state index contributed by atoms with van der Waals surface area (Å²) in [5.41, 5.74) is 0.809. The molecule has 2 rings (SSSR count). The second kappa shape index (κ2) is 5.27. The molecule has 1 aromatic carbocycles. The maximum Gasteiger partial charge on any atom is 0.244 e. The van der Waals surface area contributed by atoms with Crippen molar-refractivity contribution in [3.05, 3.63) is 54.1 Å². The number of nitrogens with zero attached hydrogens (tertiary/aromatic N) is 1. The van der Waals surface area contributed by atoms with E-state index < -0.39 is 5.82 Å². The Hall–Kier alpha value is -2.43. The average Bonchev–Trinajstić information content (AvgIpc) is 2.76. The third-order valence-corrected chi connectivity index (χ3v) is 2.41. The average molecular weight is 246 g/mol. The van der Waals surface area contributed by atoms with Gasteiger partial charge in [0, 0.05) is 11.9 Å². The Morgan fingerprint density at radius 2 is 2.17 bits per heavy atom. The molecule has 0 aliphatic carbocycles. The van der Waals surface area contributed by atoms with Gasteiger partial charge in [-0.3, -0.25) is 9.59 Å². The SMILES string of the molecule is O=Cc1cccn1CC(=O)Nc1cccc(F)c1. The summed E-state index contributed by atoms with van der Waals surface area (Å²) in [4.78, 5) is 22.4. The molecule has 0 aliphatic heterocycles. The summed E-state index contributed by atoms with van der Waals surface area (Å²) >= 11 is 0. The zero-order valence-electron chi connectivity index (χ0n) is 9.47. The Kier molecular flexibility index (Phi) is 3.52. The molecule has 0 unspecified atom stereocenters. The number of carbonyl (C=O) groups excluding carboxylic acids is 2. The Labute approximate surface area is 103 Å². The number of hydrogen-bond acceptors (Lipinski definition) is 2. The first-order valence-corrected chi connectivity index (χ1v) is 5.35. The molecule has 0 aliphatic rings. The van der Waals surface area contributed by atoms with E-state index >= 15 is 0 Å². The van der Waals surface area contributed by atoms with E-state index in [0.717, 1.165) is 0 Å². The fourth-order valence-electron chi connectivity index (χ4n) is 1.60. The minimum Gasteiger partial charge on any atom is -0.336 e. The summed E-state index contributed by atoms with van der Waals surface area (Å²) in [6, 6.07) is 8.93. The van der Waals surface area contributed by atoms with Crippen LogP contribution in [-0.4, -0.2) is 16.8 Å². The highest BCUT2D eigenvalue weighted by Crippen LogP contribution is 2.09. The lowest BCUT2D eigenvalue weighted by atomic mass is 10.3. The highest BCUT2D eigenvalue weighted by atomic mass is 19.1. The second-order valence-electron chi connectivity index (χ2n) is 3.74. The molecule has 4 nitrogen and oxygen atoms in total. The molecule has 1 amide bonds. The van der Waals surface area contributed by atoms with E-state index in [-0.39, 0.29) is 12.5 Å². The third-order valence-electron chi connectivity index (χ3n) is 2.41. The van der Waals surface area contributed by atoms with Gasteiger partial charge < -0.3 is 9.88 Å². The van der Waals surface area contributed by atoms with Crippen LogP contribution >= 0.6 is 0 Å². The standard InChI is InChI=1S/C13H11FN2O2/c14-10-3-1-4-11(7-10)15-13(18)8-16-6-2-5-12(16)9-17/h1-7,9H,8H2,(H,15,18). The van der Waals surface area contributed by atoms with E-state index in [9.17, 15) is 14.0 Å². The summed E-state index contributed by atoms with van der Waals surface area (Å²) in [7, 11) is 0. The molecule has 0 atom stereocenters. The van der Waals surface area contributed by atoms with Gasteiger partial charge in [-0.25, -0.2) is 4.39 Å². The van der Waals surface area contributed by atoms with E-state index in [0.29, 0.717) is 17.7 Å². The lowest BCUT2D eigenvalue weighted by molar-refractivity contribution is -0.116. The van der Waals surface area contributed by atoms with Crippen molar-refractivity contribution in [2.24, 2.45) is 0 Å². The van der Waals surface area contributed by atoms with E-state index in [2.05, 4.69) is 5.32 Å². The van der Waals surface area contributed by atoms with Crippen LogP contribution in [0.15, 0.2) is 42.6 Å². The number of carbonyl (C=O) groups is 2. The van der Waals surface area contributed by atoms with Crippen molar-refractivity contribution in [3.8, 4) is 0 Å². The number of rotatable bonds is 4. The first-order valence-electron chi connectivity index (χ1n) is 5.35. The van der Waals surface area contributed by atoms with Gasteiger partial charge in [-0.05, 0) is 30.3 Å². The number of aldehydes is 1. The van der Waals surface area contributed by atoms with Crippen LogP contribution in [0.1, 0.15) is 10.5 Å². The molecular weight excluding hydrogens is 235 g/mol. The van der Waals surface area contributed by atoms with Crippen molar-refractivity contribution < 1.29 is 14.0 Å². The van der Waals surface area contributed by atoms with Crippen LogP contribution in [0.25, 0.3) is 0 Å². The lowest BCUT2D eigenvalue weighted by Crippen LogP contribution is -2.19. The maximum absolute atomic E-state index is 12.9. The lowest BCUT2D eigenvalue weighted by Gasteiger charge is -2.07. The molecule has 18 heavy (non-hydrogen) atoms. The highest BCUT2D eigenvalue weighted by molar-refractivity contribution is 5.91. The first-order chi connectivity index (χ1) is 8.69. The number of amides is 1. The smallest absolute Gasteiger partial charge is 0.244 e. The van der Waals surface area contributed by atoms with Crippen molar-refractivity contribution in [1.82, 2.24) is 4.57 Å². The van der Waals surface area contributed by atoms with Crippen molar-refractivity contribution in [2.75, 3.05) is 5.32 Å². The highest BCUT2D eigenvalue weighted by Gasteiger charge is 2.06. The van der Waals surface area contributed by atoms with Crippen LogP contribution in [0, 0.1) is 5.82 Å². The van der Waals surface area contributed by atoms with Crippen LogP contribution < -0.4 is 5.32 Å². The van der Waals surface area contributed by atoms with Gasteiger partial charge in [0.2, 0.25) is 5.91 Å². The Morgan fingerprint density at radius 3 is 2.89 bits per heavy atom. The summed E-state index contributed by atoms with van der Waals surface area (Å²) in [5.74, 6) is -0.734. The van der Waals surface area contributed by atoms with Crippen molar-refractivity contribution in [2.45, 2.75) is 6.54 Å². The molecule has 92 valence electrons. The Bertz CT molecular complexity index is 578. The van der Waals surface area contributed by atoms with Gasteiger partial charge in [0.25, 0.3) is 0 Å². The number of nitrogens with one attached hydrogen (secondary N) is 1. The molecule has 2 aromatic rings. The first kappa shape index (κ1) is 12.0. The van der Waals surface area contributed by atoms with Crippen molar-refractivity contribution in [3.63, 3.8) is 0 Å². The Morgan fingerprint density at radius 1 is 1.33 bits per heavy atom. The van der Waals surface area contributed by atoms with E-state index in [1.54, 1.807) is 24.4 Å². The van der Waals surface area contributed by atoms with Crippen LogP contribution in [-0.2, 0) is 11.3 Å². The number of benzene rings is 1. The summed E-state index contributed by atoms with van der Waals surface area (Å²) < 4.78 is 14.4. The molecule has 0 radical (unpaired) electrons. The van der Waals surface area contributed by atoms with Gasteiger partial charge in [-0.2, -0.15) is 0 Å². The molecular formula is C13H11FN2O2. The van der Waals surface area contributed by atoms with Crippen LogP contribution in [0.5, 0.6) is 0 Å². The fourth-order valence-corrected chi connectivity index (χ4v) is 1.60. The van der Waals surface area contributed by atoms with Crippen LogP contribution in [0.2, 0.25) is 0 Å². The molecule has 0 bridgehead atoms. The molecule has 0 saturated heterocycles. The maximum atomic E-state index is 12.9. The quantitative estimate of drug-likeness (QED) is 0.840. The zero-order valence-corrected chi connectivity index (χ0v) is 9.47. The summed E-state index contributed by atoms with van der Waals surface area (Å²) in [5, 5.41) is 2.56. The van der Waals surface area contributed by atoms with E-state index in [1.807, 2.05) is 0 Å². The molecule has 0 spiro atoms. The molecule has 0 saturated carbocycles. The van der Waals surface area contributed by atoms with Crippen molar-refractivity contribution in [1.29, 1.82) is 0 Å². The molecule has 1 aromatic heterocycles. The topological polar surface area (TPSA) is 51.1 Å². The number of aromatic nitrogens is 1. The van der Waals surface area contributed by atoms with Gasteiger partial charge >= 0.3 is 0 Å². The number of anilines is 1. The normalized spacial score (nSPS) is 10.1. The number of hydrogen-bond donors (Lipinski definition) is 1. The van der Waals surface area contributed by atoms with E-state index in [4.69, 9.17) is 0 Å². The minimum absolute atomic E-state index is 0.0115. The molecule has 5 heteroatoms. The number of halogens is 1. The fraction of sp³-hybridized carbons (Fsp3) is 0.0769. The largest absolute Gasteiger partial charge is 0.336 e. The van der Waals surface area contributed by atoms with Gasteiger partial charge in [0.1, 0.15) is 12.4 Å². The van der Waals surface area contributed by atoms with Crippen LogP contribution in [0.3, 0.4) is 0 Å². The third kappa shape index (κ3) is 2.82. The Balaban J connectivity index is 2.03. The van der Waals surface area contributed by atoms with E-state index in [1.165, 1.54) is 22.8 Å². The zero-order chi connectivity index (χ0) is 13.0. The predicted molar refractivity (Wildman–Crippen MR) is 64.8 cm³/mol. The van der Waals surface area contributed by atoms with Crippen LogP contribution in [0.4, 0.5) is 10.1 Å². The predicted octanol–water partition coefficient (Wildman–Crippen LogP) is 2.08. The monoisotopic (exact) mass is 246 g/mol. The molecule has 1 heterocycles. The van der Waals surface area contributed by atoms with Gasteiger partial charge in [0.15, 0.2) is 6.29 Å². The van der Waals surface area contributed by atoms with Gasteiger partial charge in [0.05, 0.1) is 5.69 Å². The summed E-state index contributed by atoms with van der Waals surface area (Å²) in [6.45, 7) is 0.0115.